The molecule has 100 valence electrons. The Morgan fingerprint density at radius 1 is 1.47 bits per heavy atom. The van der Waals surface area contributed by atoms with Gasteiger partial charge in [0, 0.05) is 12.1 Å². The van der Waals surface area contributed by atoms with Gasteiger partial charge < -0.3 is 9.84 Å². The molecule has 0 aliphatic carbocycles. The molecule has 0 bridgehead atoms. The van der Waals surface area contributed by atoms with Gasteiger partial charge in [-0.1, -0.05) is 11.6 Å². The van der Waals surface area contributed by atoms with Crippen LogP contribution in [0.2, 0.25) is 5.02 Å². The van der Waals surface area contributed by atoms with Crippen LogP contribution in [0.15, 0.2) is 24.3 Å². The Bertz CT molecular complexity index is 622. The normalized spacial score (nSPS) is 10.5. The molecule has 0 aliphatic heterocycles. The van der Waals surface area contributed by atoms with Crippen LogP contribution in [0.5, 0.6) is 5.75 Å². The average Bonchev–Trinajstić information content (AvgIpc) is 2.65. The predicted octanol–water partition coefficient (Wildman–Crippen LogP) is 2.66. The van der Waals surface area contributed by atoms with E-state index in [0.29, 0.717) is 5.02 Å². The van der Waals surface area contributed by atoms with Gasteiger partial charge in [-0.3, -0.25) is 4.68 Å². The van der Waals surface area contributed by atoms with Crippen LogP contribution in [0.3, 0.4) is 0 Å². The molecule has 1 N–H and O–H groups in total. The van der Waals surface area contributed by atoms with Gasteiger partial charge in [-0.05, 0) is 31.2 Å². The number of carboxylic acid groups (broad SMARTS) is 1. The summed E-state index contributed by atoms with van der Waals surface area (Å²) in [6.45, 7) is 2.11. The molecule has 2 aromatic rings. The van der Waals surface area contributed by atoms with Gasteiger partial charge in [0.25, 0.3) is 0 Å². The van der Waals surface area contributed by atoms with Crippen LogP contribution in [-0.4, -0.2) is 20.9 Å². The number of nitrogens with zero attached hydrogens (tertiary/aromatic N) is 2. The Balaban J connectivity index is 2.21. The van der Waals surface area contributed by atoms with Crippen molar-refractivity contribution in [3.05, 3.63) is 46.2 Å². The highest BCUT2D eigenvalue weighted by Gasteiger charge is 2.12. The van der Waals surface area contributed by atoms with E-state index in [1.165, 1.54) is 18.2 Å². The number of aromatic nitrogens is 2. The van der Waals surface area contributed by atoms with E-state index in [2.05, 4.69) is 5.10 Å². The van der Waals surface area contributed by atoms with Crippen LogP contribution in [0.25, 0.3) is 0 Å². The monoisotopic (exact) mass is 280 g/mol. The van der Waals surface area contributed by atoms with E-state index in [-0.39, 0.29) is 17.9 Å². The summed E-state index contributed by atoms with van der Waals surface area (Å²) in [5, 5.41) is 13.7. The maximum Gasteiger partial charge on any atom is 0.339 e. The smallest absolute Gasteiger partial charge is 0.339 e. The molecule has 6 heteroatoms. The minimum atomic E-state index is -1.05. The highest BCUT2D eigenvalue weighted by Crippen LogP contribution is 2.24. The second-order valence-corrected chi connectivity index (χ2v) is 4.57. The quantitative estimate of drug-likeness (QED) is 0.935. The molecule has 5 nitrogen and oxygen atoms in total. The van der Waals surface area contributed by atoms with Crippen molar-refractivity contribution < 1.29 is 14.6 Å². The third-order valence-electron chi connectivity index (χ3n) is 2.65. The number of aromatic carboxylic acids is 1. The van der Waals surface area contributed by atoms with Crippen molar-refractivity contribution in [2.24, 2.45) is 7.05 Å². The lowest BCUT2D eigenvalue weighted by Gasteiger charge is -2.09. The molecule has 2 rings (SSSR count). The van der Waals surface area contributed by atoms with Gasteiger partial charge in [-0.15, -0.1) is 0 Å². The molecule has 1 heterocycles. The van der Waals surface area contributed by atoms with Crippen molar-refractivity contribution in [2.75, 3.05) is 0 Å². The topological polar surface area (TPSA) is 64.3 Å². The summed E-state index contributed by atoms with van der Waals surface area (Å²) in [6.07, 6.45) is 0. The zero-order valence-electron chi connectivity index (χ0n) is 10.6. The third kappa shape index (κ3) is 3.06. The first-order chi connectivity index (χ1) is 8.97. The number of ether oxygens (including phenoxy) is 1. The van der Waals surface area contributed by atoms with Crippen molar-refractivity contribution in [1.29, 1.82) is 0 Å². The first kappa shape index (κ1) is 13.4. The lowest BCUT2D eigenvalue weighted by atomic mass is 10.2. The molecule has 0 amide bonds. The Morgan fingerprint density at radius 2 is 2.21 bits per heavy atom. The van der Waals surface area contributed by atoms with Gasteiger partial charge in [-0.2, -0.15) is 5.10 Å². The predicted molar refractivity (Wildman–Crippen MR) is 70.7 cm³/mol. The molecule has 0 atom stereocenters. The van der Waals surface area contributed by atoms with Crippen molar-refractivity contribution in [1.82, 2.24) is 9.78 Å². The van der Waals surface area contributed by atoms with E-state index in [9.17, 15) is 4.79 Å². The Kier molecular flexibility index (Phi) is 3.76. The van der Waals surface area contributed by atoms with Crippen LogP contribution < -0.4 is 4.74 Å². The van der Waals surface area contributed by atoms with Crippen LogP contribution in [-0.2, 0) is 13.7 Å². The minimum absolute atomic E-state index is 0.0864. The lowest BCUT2D eigenvalue weighted by molar-refractivity contribution is 0.0691. The maximum atomic E-state index is 11.1. The zero-order chi connectivity index (χ0) is 14.0. The zero-order valence-corrected chi connectivity index (χ0v) is 11.3. The SMILES string of the molecule is Cc1cc(COc2cc(Cl)ccc2C(=O)O)n(C)n1. The Hall–Kier alpha value is -2.01. The average molecular weight is 281 g/mol. The van der Waals surface area contributed by atoms with Gasteiger partial charge in [-0.25, -0.2) is 4.79 Å². The molecular weight excluding hydrogens is 268 g/mol. The van der Waals surface area contributed by atoms with Crippen LogP contribution >= 0.6 is 11.6 Å². The van der Waals surface area contributed by atoms with E-state index < -0.39 is 5.97 Å². The number of benzene rings is 1. The maximum absolute atomic E-state index is 11.1. The number of hydrogen-bond donors (Lipinski definition) is 1. The summed E-state index contributed by atoms with van der Waals surface area (Å²) < 4.78 is 7.23. The van der Waals surface area contributed by atoms with E-state index in [1.807, 2.05) is 20.0 Å². The Labute approximate surface area is 115 Å². The van der Waals surface area contributed by atoms with Gasteiger partial charge in [0.05, 0.1) is 11.4 Å². The number of hydrogen-bond acceptors (Lipinski definition) is 3. The van der Waals surface area contributed by atoms with Gasteiger partial charge >= 0.3 is 5.97 Å². The second-order valence-electron chi connectivity index (χ2n) is 4.13. The number of carbonyl (C=O) groups is 1. The van der Waals surface area contributed by atoms with Gasteiger partial charge in [0.15, 0.2) is 0 Å². The minimum Gasteiger partial charge on any atom is -0.486 e. The fourth-order valence-corrected chi connectivity index (χ4v) is 1.91. The fourth-order valence-electron chi connectivity index (χ4n) is 1.74. The number of carboxylic acids is 1. The van der Waals surface area contributed by atoms with Gasteiger partial charge in [0.1, 0.15) is 17.9 Å². The lowest BCUT2D eigenvalue weighted by Crippen LogP contribution is -2.06. The molecule has 19 heavy (non-hydrogen) atoms. The second kappa shape index (κ2) is 5.32. The fraction of sp³-hybridized carbons (Fsp3) is 0.231. The van der Waals surface area contributed by atoms with E-state index >= 15 is 0 Å². The highest BCUT2D eigenvalue weighted by atomic mass is 35.5. The van der Waals surface area contributed by atoms with Crippen molar-refractivity contribution in [3.63, 3.8) is 0 Å². The summed E-state index contributed by atoms with van der Waals surface area (Å²) in [5.74, 6) is -0.799. The van der Waals surface area contributed by atoms with Crippen LogP contribution in [0.4, 0.5) is 0 Å². The molecule has 1 aromatic carbocycles. The van der Waals surface area contributed by atoms with E-state index in [4.69, 9.17) is 21.4 Å². The first-order valence-corrected chi connectivity index (χ1v) is 6.00. The molecule has 1 aromatic heterocycles. The van der Waals surface area contributed by atoms with Crippen molar-refractivity contribution in [3.8, 4) is 5.75 Å². The summed E-state index contributed by atoms with van der Waals surface area (Å²) in [6, 6.07) is 6.32. The first-order valence-electron chi connectivity index (χ1n) is 5.62. The van der Waals surface area contributed by atoms with E-state index in [0.717, 1.165) is 11.4 Å². The Morgan fingerprint density at radius 3 is 2.79 bits per heavy atom. The van der Waals surface area contributed by atoms with Crippen molar-refractivity contribution in [2.45, 2.75) is 13.5 Å². The molecule has 0 saturated heterocycles. The number of rotatable bonds is 4. The standard InChI is InChI=1S/C13H13ClN2O3/c1-8-5-10(16(2)15-8)7-19-12-6-9(14)3-4-11(12)13(17)18/h3-6H,7H2,1-2H3,(H,17,18). The molecule has 0 unspecified atom stereocenters. The summed E-state index contributed by atoms with van der Waals surface area (Å²) in [4.78, 5) is 11.1. The largest absolute Gasteiger partial charge is 0.486 e. The van der Waals surface area contributed by atoms with Crippen molar-refractivity contribution >= 4 is 17.6 Å². The van der Waals surface area contributed by atoms with Crippen LogP contribution in [0.1, 0.15) is 21.7 Å². The molecular formula is C13H13ClN2O3. The number of aryl methyl sites for hydroxylation is 2. The third-order valence-corrected chi connectivity index (χ3v) is 2.88. The molecule has 0 spiro atoms. The summed E-state index contributed by atoms with van der Waals surface area (Å²) in [7, 11) is 1.81. The number of halogens is 1. The molecule has 0 radical (unpaired) electrons. The highest BCUT2D eigenvalue weighted by molar-refractivity contribution is 6.30. The summed E-state index contributed by atoms with van der Waals surface area (Å²) >= 11 is 5.85. The van der Waals surface area contributed by atoms with Crippen LogP contribution in [0, 0.1) is 6.92 Å². The molecule has 0 aliphatic rings. The molecule has 0 saturated carbocycles. The van der Waals surface area contributed by atoms with E-state index in [1.54, 1.807) is 4.68 Å². The molecule has 0 fully saturated rings. The summed E-state index contributed by atoms with van der Waals surface area (Å²) in [5.41, 5.74) is 1.82. The van der Waals surface area contributed by atoms with Gasteiger partial charge in [0.2, 0.25) is 0 Å².